The van der Waals surface area contributed by atoms with Crippen LogP contribution in [0, 0.1) is 6.92 Å². The van der Waals surface area contributed by atoms with Crippen LogP contribution in [-0.2, 0) is 6.54 Å². The predicted molar refractivity (Wildman–Crippen MR) is 78.2 cm³/mol. The van der Waals surface area contributed by atoms with Crippen molar-refractivity contribution in [3.8, 4) is 0 Å². The van der Waals surface area contributed by atoms with E-state index in [1.54, 1.807) is 19.3 Å². The van der Waals surface area contributed by atoms with Gasteiger partial charge in [-0.25, -0.2) is 9.78 Å². The van der Waals surface area contributed by atoms with E-state index in [1.165, 1.54) is 4.57 Å². The van der Waals surface area contributed by atoms with Gasteiger partial charge in [0, 0.05) is 30.1 Å². The Kier molecular flexibility index (Phi) is 4.34. The highest BCUT2D eigenvalue weighted by atomic mass is 16.2. The highest BCUT2D eigenvalue weighted by Crippen LogP contribution is 2.12. The number of nitrogens with zero attached hydrogens (tertiary/aromatic N) is 2. The van der Waals surface area contributed by atoms with Crippen molar-refractivity contribution in [2.45, 2.75) is 26.8 Å². The first kappa shape index (κ1) is 14.0. The van der Waals surface area contributed by atoms with Crippen LogP contribution in [0.4, 0.5) is 5.82 Å². The van der Waals surface area contributed by atoms with Crippen molar-refractivity contribution in [3.05, 3.63) is 56.5 Å². The predicted octanol–water partition coefficient (Wildman–Crippen LogP) is 1.11. The second-order valence-electron chi connectivity index (χ2n) is 4.64. The summed E-state index contributed by atoms with van der Waals surface area (Å²) >= 11 is 0. The van der Waals surface area contributed by atoms with Gasteiger partial charge in [0.25, 0.3) is 5.56 Å². The second kappa shape index (κ2) is 6.18. The largest absolute Gasteiger partial charge is 0.370 e. The molecule has 6 nitrogen and oxygen atoms in total. The Labute approximate surface area is 116 Å². The number of nitrogens with one attached hydrogen (secondary N) is 2. The molecule has 0 unspecified atom stereocenters. The number of anilines is 1. The second-order valence-corrected chi connectivity index (χ2v) is 4.64. The zero-order valence-electron chi connectivity index (χ0n) is 11.6. The van der Waals surface area contributed by atoms with Gasteiger partial charge in [0.05, 0.1) is 6.54 Å². The number of hydrogen-bond donors (Lipinski definition) is 2. The zero-order chi connectivity index (χ0) is 14.5. The topological polar surface area (TPSA) is 79.8 Å². The summed E-state index contributed by atoms with van der Waals surface area (Å²) in [5, 5.41) is 3.23. The molecule has 2 rings (SSSR count). The van der Waals surface area contributed by atoms with Gasteiger partial charge >= 0.3 is 5.69 Å². The third-order valence-electron chi connectivity index (χ3n) is 2.96. The van der Waals surface area contributed by atoms with Crippen molar-refractivity contribution in [2.24, 2.45) is 0 Å². The number of pyridine rings is 1. The van der Waals surface area contributed by atoms with Crippen LogP contribution in [-0.4, -0.2) is 21.1 Å². The molecule has 0 radical (unpaired) electrons. The highest BCUT2D eigenvalue weighted by molar-refractivity contribution is 5.43. The monoisotopic (exact) mass is 274 g/mol. The summed E-state index contributed by atoms with van der Waals surface area (Å²) in [6.45, 7) is 4.94. The van der Waals surface area contributed by atoms with Gasteiger partial charge in [0.15, 0.2) is 0 Å². The van der Waals surface area contributed by atoms with Gasteiger partial charge in [-0.2, -0.15) is 0 Å². The average Bonchev–Trinajstić information content (AvgIpc) is 2.44. The van der Waals surface area contributed by atoms with Crippen molar-refractivity contribution in [1.29, 1.82) is 0 Å². The number of hydrogen-bond acceptors (Lipinski definition) is 4. The molecule has 106 valence electrons. The smallest absolute Gasteiger partial charge is 0.328 e. The van der Waals surface area contributed by atoms with Crippen LogP contribution in [0.2, 0.25) is 0 Å². The summed E-state index contributed by atoms with van der Waals surface area (Å²) in [6.07, 6.45) is 4.27. The lowest BCUT2D eigenvalue weighted by atomic mass is 10.2. The summed E-state index contributed by atoms with van der Waals surface area (Å²) in [5.41, 5.74) is 0.665. The molecule has 2 aromatic heterocycles. The molecule has 20 heavy (non-hydrogen) atoms. The Hall–Kier alpha value is -2.37. The van der Waals surface area contributed by atoms with Crippen LogP contribution in [0.25, 0.3) is 0 Å². The molecule has 0 saturated heterocycles. The third kappa shape index (κ3) is 3.14. The average molecular weight is 274 g/mol. The molecule has 0 aromatic carbocycles. The first-order valence-corrected chi connectivity index (χ1v) is 6.60. The molecule has 0 spiro atoms. The van der Waals surface area contributed by atoms with E-state index in [2.05, 4.69) is 22.2 Å². The van der Waals surface area contributed by atoms with E-state index in [1.807, 2.05) is 12.1 Å². The van der Waals surface area contributed by atoms with Crippen molar-refractivity contribution in [2.75, 3.05) is 11.9 Å². The van der Waals surface area contributed by atoms with Crippen LogP contribution < -0.4 is 16.6 Å². The molecule has 0 aliphatic rings. The molecule has 2 heterocycles. The first-order chi connectivity index (χ1) is 9.61. The number of aryl methyl sites for hydroxylation is 1. The van der Waals surface area contributed by atoms with Crippen LogP contribution in [0.3, 0.4) is 0 Å². The molecule has 0 aliphatic heterocycles. The molecule has 2 N–H and O–H groups in total. The lowest BCUT2D eigenvalue weighted by Gasteiger charge is -2.11. The summed E-state index contributed by atoms with van der Waals surface area (Å²) in [4.78, 5) is 29.7. The van der Waals surface area contributed by atoms with Crippen molar-refractivity contribution in [1.82, 2.24) is 14.5 Å². The molecular formula is C14H18N4O2. The fourth-order valence-corrected chi connectivity index (χ4v) is 1.89. The lowest BCUT2D eigenvalue weighted by molar-refractivity contribution is 0.712. The molecule has 0 aliphatic carbocycles. The maximum Gasteiger partial charge on any atom is 0.328 e. The van der Waals surface area contributed by atoms with Gasteiger partial charge in [-0.3, -0.25) is 14.3 Å². The van der Waals surface area contributed by atoms with Gasteiger partial charge in [-0.05, 0) is 19.4 Å². The Balaban J connectivity index is 2.33. The highest BCUT2D eigenvalue weighted by Gasteiger charge is 2.06. The van der Waals surface area contributed by atoms with Crippen molar-refractivity contribution in [3.63, 3.8) is 0 Å². The molecule has 0 amide bonds. The van der Waals surface area contributed by atoms with E-state index in [4.69, 9.17) is 0 Å². The van der Waals surface area contributed by atoms with E-state index in [-0.39, 0.29) is 5.56 Å². The standard InChI is InChI=1S/C14H18N4O2/c1-3-6-15-12-11(5-4-7-16-12)9-18-8-10(2)13(19)17-14(18)20/h4-5,7-8H,3,6,9H2,1-2H3,(H,15,16)(H,17,19,20). The Morgan fingerprint density at radius 3 is 2.95 bits per heavy atom. The van der Waals surface area contributed by atoms with Crippen molar-refractivity contribution < 1.29 is 0 Å². The number of aromatic nitrogens is 3. The van der Waals surface area contributed by atoms with Gasteiger partial charge in [-0.1, -0.05) is 13.0 Å². The summed E-state index contributed by atoms with van der Waals surface area (Å²) in [6, 6.07) is 3.74. The van der Waals surface area contributed by atoms with E-state index < -0.39 is 5.69 Å². The minimum Gasteiger partial charge on any atom is -0.370 e. The maximum absolute atomic E-state index is 11.8. The van der Waals surface area contributed by atoms with Crippen LogP contribution in [0.1, 0.15) is 24.5 Å². The van der Waals surface area contributed by atoms with Gasteiger partial charge < -0.3 is 5.32 Å². The van der Waals surface area contributed by atoms with Gasteiger partial charge in [-0.15, -0.1) is 0 Å². The van der Waals surface area contributed by atoms with E-state index >= 15 is 0 Å². The summed E-state index contributed by atoms with van der Waals surface area (Å²) in [7, 11) is 0. The van der Waals surface area contributed by atoms with Crippen LogP contribution >= 0.6 is 0 Å². The minimum atomic E-state index is -0.411. The zero-order valence-corrected chi connectivity index (χ0v) is 11.6. The number of H-pyrrole nitrogens is 1. The number of rotatable bonds is 5. The van der Waals surface area contributed by atoms with Gasteiger partial charge in [0.2, 0.25) is 0 Å². The minimum absolute atomic E-state index is 0.346. The fraction of sp³-hybridized carbons (Fsp3) is 0.357. The lowest BCUT2D eigenvalue weighted by Crippen LogP contribution is -2.31. The molecule has 2 aromatic rings. The fourth-order valence-electron chi connectivity index (χ4n) is 1.89. The SMILES string of the molecule is CCCNc1ncccc1Cn1cc(C)c(=O)[nH]c1=O. The molecule has 6 heteroatoms. The maximum atomic E-state index is 11.8. The Bertz CT molecular complexity index is 703. The molecule has 0 bridgehead atoms. The molecule has 0 saturated carbocycles. The molecule has 0 atom stereocenters. The Morgan fingerprint density at radius 1 is 1.40 bits per heavy atom. The molecule has 0 fully saturated rings. The van der Waals surface area contributed by atoms with E-state index in [9.17, 15) is 9.59 Å². The van der Waals surface area contributed by atoms with Crippen molar-refractivity contribution >= 4 is 5.82 Å². The van der Waals surface area contributed by atoms with Crippen LogP contribution in [0.5, 0.6) is 0 Å². The third-order valence-corrected chi connectivity index (χ3v) is 2.96. The summed E-state index contributed by atoms with van der Waals surface area (Å²) < 4.78 is 1.48. The first-order valence-electron chi connectivity index (χ1n) is 6.60. The van der Waals surface area contributed by atoms with Crippen LogP contribution in [0.15, 0.2) is 34.1 Å². The Morgan fingerprint density at radius 2 is 2.20 bits per heavy atom. The number of aromatic amines is 1. The quantitative estimate of drug-likeness (QED) is 0.856. The molecular weight excluding hydrogens is 256 g/mol. The van der Waals surface area contributed by atoms with Gasteiger partial charge in [0.1, 0.15) is 5.82 Å². The normalized spacial score (nSPS) is 10.5. The van der Waals surface area contributed by atoms with E-state index in [0.717, 1.165) is 24.3 Å². The van der Waals surface area contributed by atoms with E-state index in [0.29, 0.717) is 12.1 Å². The summed E-state index contributed by atoms with van der Waals surface area (Å²) in [5.74, 6) is 0.769.